The maximum atomic E-state index is 4.42. The van der Waals surface area contributed by atoms with Gasteiger partial charge in [-0.1, -0.05) is 0 Å². The molecule has 0 aromatic carbocycles. The fourth-order valence-electron chi connectivity index (χ4n) is 0. The van der Waals surface area contributed by atoms with E-state index in [4.69, 9.17) is 0 Å². The SMILES string of the molecule is [B]P.[Ir].[Pa]. The van der Waals surface area contributed by atoms with Gasteiger partial charge in [-0.3, -0.25) is 0 Å². The molecule has 0 bridgehead atoms. The van der Waals surface area contributed by atoms with Crippen molar-refractivity contribution in [3.05, 3.63) is 0 Å². The predicted molar refractivity (Wildman–Crippen MR) is 15.5 cm³/mol. The quantitative estimate of drug-likeness (QED) is 0.347. The van der Waals surface area contributed by atoms with E-state index in [9.17, 15) is 0 Å². The van der Waals surface area contributed by atoms with Gasteiger partial charge in [0.25, 0.3) is 0 Å². The van der Waals surface area contributed by atoms with Crippen LogP contribution in [0.1, 0.15) is 0 Å². The van der Waals surface area contributed by atoms with E-state index >= 15 is 0 Å². The minimum Gasteiger partial charge on any atom is -0.187 e. The van der Waals surface area contributed by atoms with Crippen molar-refractivity contribution in [2.75, 3.05) is 0 Å². The van der Waals surface area contributed by atoms with Gasteiger partial charge < -0.3 is 0 Å². The van der Waals surface area contributed by atoms with Crippen molar-refractivity contribution in [2.45, 2.75) is 0 Å². The average Bonchev–Trinajstić information content (AvgIpc) is 1.00. The standard InChI is InChI=1S/BH2P.Ir.Pa/c1-2;;/h2H2;;. The van der Waals surface area contributed by atoms with E-state index in [1.807, 2.05) is 9.12 Å². The first-order valence-electron chi connectivity index (χ1n) is 0.333. The molecule has 0 amide bonds. The van der Waals surface area contributed by atoms with Gasteiger partial charge in [0.05, 0.1) is 7.57 Å². The van der Waals surface area contributed by atoms with E-state index in [0.29, 0.717) is 0 Å². The van der Waals surface area contributed by atoms with Crippen molar-refractivity contribution >= 4 is 16.7 Å². The molecule has 4 heavy (non-hydrogen) atoms. The normalized spacial score (nSPS) is 1.25. The van der Waals surface area contributed by atoms with Crippen LogP contribution in [0.25, 0.3) is 0 Å². The van der Waals surface area contributed by atoms with Crippen molar-refractivity contribution < 1.29 is 52.4 Å². The molecule has 0 aliphatic carbocycles. The fourth-order valence-corrected chi connectivity index (χ4v) is 0. The molecule has 1 atom stereocenters. The molecule has 0 N–H and O–H groups in total. The minimum atomic E-state index is 0. The van der Waals surface area contributed by atoms with Gasteiger partial charge in [-0.05, 0) is 0 Å². The second-order valence-electron chi connectivity index (χ2n) is 0. The third-order valence-corrected chi connectivity index (χ3v) is 0. The van der Waals surface area contributed by atoms with Crippen molar-refractivity contribution in [3.63, 3.8) is 0 Å². The maximum absolute atomic E-state index is 4.42. The summed E-state index contributed by atoms with van der Waals surface area (Å²) >= 11 is 0. The van der Waals surface area contributed by atoms with E-state index in [1.165, 1.54) is 0 Å². The minimum absolute atomic E-state index is 0. The molecule has 0 nitrogen and oxygen atoms in total. The van der Waals surface area contributed by atoms with Crippen LogP contribution < -0.4 is 0 Å². The summed E-state index contributed by atoms with van der Waals surface area (Å²) in [4.78, 5) is 0. The zero-order valence-corrected chi connectivity index (χ0v) is 10.4. The van der Waals surface area contributed by atoms with Crippen LogP contribution in [0.2, 0.25) is 0 Å². The largest absolute Gasteiger partial charge is 0.187 e. The molecule has 0 saturated carbocycles. The van der Waals surface area contributed by atoms with Crippen LogP contribution in [-0.4, -0.2) is 7.57 Å². The Morgan fingerprint density at radius 1 is 1.25 bits per heavy atom. The number of rotatable bonds is 0. The number of hydrogen-bond acceptors (Lipinski definition) is 0. The molecule has 22 valence electrons. The third-order valence-electron chi connectivity index (χ3n) is 0. The van der Waals surface area contributed by atoms with Gasteiger partial charge in [0.1, 0.15) is 0 Å². The molecular weight excluding hydrogens is 465 g/mol. The first-order valence-corrected chi connectivity index (χ1v) is 1.00. The van der Waals surface area contributed by atoms with Crippen LogP contribution in [0, 0.1) is 32.3 Å². The van der Waals surface area contributed by atoms with Crippen LogP contribution in [0.4, 0.5) is 0 Å². The predicted octanol–water partition coefficient (Wildman–Crippen LogP) is -0.0575. The first kappa shape index (κ1) is 16.3. The summed E-state index contributed by atoms with van der Waals surface area (Å²) in [7, 11) is 6.33. The Hall–Kier alpha value is 2.24. The topological polar surface area (TPSA) is 0 Å². The Bertz CT molecular complexity index is 8.00. The van der Waals surface area contributed by atoms with Crippen LogP contribution in [0.5, 0.6) is 0 Å². The third kappa shape index (κ3) is 8.87. The zero-order chi connectivity index (χ0) is 2.00. The Balaban J connectivity index is -0.00000000500. The second-order valence-corrected chi connectivity index (χ2v) is 0. The first-order chi connectivity index (χ1) is 1.00. The molecule has 0 aromatic heterocycles. The summed E-state index contributed by atoms with van der Waals surface area (Å²) in [5, 5.41) is 0. The van der Waals surface area contributed by atoms with Crippen molar-refractivity contribution in [1.29, 1.82) is 0 Å². The molecule has 0 saturated heterocycles. The monoisotopic (exact) mass is 468 g/mol. The Labute approximate surface area is 68.3 Å². The van der Waals surface area contributed by atoms with E-state index < -0.39 is 0 Å². The Morgan fingerprint density at radius 3 is 1.25 bits per heavy atom. The van der Waals surface area contributed by atoms with Crippen LogP contribution in [0.15, 0.2) is 0 Å². The maximum Gasteiger partial charge on any atom is 0.0996 e. The average molecular weight is 467 g/mol. The molecule has 1 unspecified atom stereocenters. The van der Waals surface area contributed by atoms with E-state index in [0.717, 1.165) is 0 Å². The second kappa shape index (κ2) is 18.8. The van der Waals surface area contributed by atoms with Crippen LogP contribution >= 0.6 is 9.12 Å². The van der Waals surface area contributed by atoms with Gasteiger partial charge in [-0.15, -0.1) is 0 Å². The summed E-state index contributed by atoms with van der Waals surface area (Å²) in [6, 6.07) is 0. The molecule has 0 rings (SSSR count). The summed E-state index contributed by atoms with van der Waals surface area (Å²) in [6.07, 6.45) is 0. The molecule has 4 heteroatoms. The smallest absolute Gasteiger partial charge is 0.0996 e. The van der Waals surface area contributed by atoms with Crippen molar-refractivity contribution in [1.82, 2.24) is 0 Å². The Kier molecular flexibility index (Phi) is 76.7. The van der Waals surface area contributed by atoms with Gasteiger partial charge in [-0.2, -0.15) is 9.12 Å². The molecule has 0 aliphatic rings. The molecule has 4 radical (unpaired) electrons. The van der Waals surface area contributed by atoms with E-state index in [-0.39, 0.29) is 52.4 Å². The van der Waals surface area contributed by atoms with E-state index in [1.54, 1.807) is 0 Å². The molecule has 0 heterocycles. The zero-order valence-electron chi connectivity index (χ0n) is 2.07. The van der Waals surface area contributed by atoms with Gasteiger partial charge in [-0.25, -0.2) is 0 Å². The summed E-state index contributed by atoms with van der Waals surface area (Å²) in [5.41, 5.74) is 0. The van der Waals surface area contributed by atoms with Crippen molar-refractivity contribution in [2.24, 2.45) is 0 Å². The van der Waals surface area contributed by atoms with Gasteiger partial charge in [0.2, 0.25) is 0 Å². The van der Waals surface area contributed by atoms with Gasteiger partial charge in [0, 0.05) is 52.4 Å². The van der Waals surface area contributed by atoms with Crippen LogP contribution in [0.3, 0.4) is 0 Å². The fraction of sp³-hybridized carbons (Fsp3) is 0. The van der Waals surface area contributed by atoms with Gasteiger partial charge >= 0.3 is 0 Å². The van der Waals surface area contributed by atoms with Crippen molar-refractivity contribution in [3.8, 4) is 0 Å². The molecule has 0 fully saturated rings. The summed E-state index contributed by atoms with van der Waals surface area (Å²) < 4.78 is 0. The molecular formula is H2BIrPPa. The summed E-state index contributed by atoms with van der Waals surface area (Å²) in [5.74, 6) is 0. The van der Waals surface area contributed by atoms with E-state index in [2.05, 4.69) is 7.57 Å². The molecule has 0 aromatic rings. The van der Waals surface area contributed by atoms with Crippen LogP contribution in [-0.2, 0) is 20.1 Å². The summed E-state index contributed by atoms with van der Waals surface area (Å²) in [6.45, 7) is 0. The molecule has 0 aliphatic heterocycles. The Morgan fingerprint density at radius 2 is 1.25 bits per heavy atom. The number of hydrogen-bond donors (Lipinski definition) is 0. The molecule has 0 spiro atoms. The van der Waals surface area contributed by atoms with Gasteiger partial charge in [0.15, 0.2) is 0 Å².